The average molecular weight is 342 g/mol. The molecule has 6 heteroatoms. The summed E-state index contributed by atoms with van der Waals surface area (Å²) in [6.45, 7) is 5.95. The summed E-state index contributed by atoms with van der Waals surface area (Å²) < 4.78 is 34.1. The maximum Gasteiger partial charge on any atom is 0.292 e. The van der Waals surface area contributed by atoms with E-state index < -0.39 is 11.6 Å². The van der Waals surface area contributed by atoms with E-state index in [0.29, 0.717) is 22.6 Å². The highest BCUT2D eigenvalue weighted by molar-refractivity contribution is 5.71. The molecule has 4 nitrogen and oxygen atoms in total. The first-order chi connectivity index (χ1) is 11.9. The minimum absolute atomic E-state index is 0.428. The largest absolute Gasteiger partial charge is 0.477 e. The molecule has 0 saturated carbocycles. The second-order valence-electron chi connectivity index (χ2n) is 5.63. The normalized spacial score (nSPS) is 12.2. The van der Waals surface area contributed by atoms with E-state index >= 15 is 0 Å². The zero-order valence-corrected chi connectivity index (χ0v) is 14.3. The third-order valence-electron chi connectivity index (χ3n) is 4.06. The third kappa shape index (κ3) is 2.91. The number of nitrogens with zero attached hydrogens (tertiary/aromatic N) is 3. The molecule has 0 aliphatic heterocycles. The van der Waals surface area contributed by atoms with Gasteiger partial charge in [-0.25, -0.2) is 13.8 Å². The Morgan fingerprint density at radius 1 is 1.16 bits per heavy atom. The lowest BCUT2D eigenvalue weighted by Crippen LogP contribution is -2.44. The molecular formula is C19H18F2N3O+. The Labute approximate surface area is 144 Å². The lowest BCUT2D eigenvalue weighted by Gasteiger charge is -2.20. The summed E-state index contributed by atoms with van der Waals surface area (Å²) in [5, 5.41) is 0.647. The fourth-order valence-electron chi connectivity index (χ4n) is 2.81. The van der Waals surface area contributed by atoms with E-state index in [2.05, 4.69) is 11.7 Å². The fraction of sp³-hybridized carbons (Fsp3) is 0.158. The number of rotatable bonds is 3. The zero-order valence-electron chi connectivity index (χ0n) is 14.3. The molecule has 1 heterocycles. The molecule has 3 rings (SSSR count). The van der Waals surface area contributed by atoms with E-state index in [1.165, 1.54) is 13.2 Å². The van der Waals surface area contributed by atoms with Gasteiger partial charge >= 0.3 is 0 Å². The van der Waals surface area contributed by atoms with Crippen LogP contribution in [0.1, 0.15) is 5.69 Å². The number of halogens is 2. The number of aryl methyl sites for hydroxylation is 1. The molecular weight excluding hydrogens is 324 g/mol. The molecule has 0 N–H and O–H groups in total. The maximum absolute atomic E-state index is 13.6. The molecule has 2 aromatic carbocycles. The van der Waals surface area contributed by atoms with Crippen molar-refractivity contribution in [1.29, 1.82) is 0 Å². The Bertz CT molecular complexity index is 1070. The van der Waals surface area contributed by atoms with Crippen molar-refractivity contribution in [1.82, 2.24) is 4.98 Å². The van der Waals surface area contributed by atoms with Crippen molar-refractivity contribution < 1.29 is 17.8 Å². The molecule has 3 aromatic rings. The van der Waals surface area contributed by atoms with E-state index in [4.69, 9.17) is 4.74 Å². The average Bonchev–Trinajstić information content (AvgIpc) is 2.60. The molecule has 0 unspecified atom stereocenters. The van der Waals surface area contributed by atoms with Crippen LogP contribution in [0.4, 0.5) is 14.5 Å². The number of hydrogen-bond donors (Lipinski definition) is 0. The van der Waals surface area contributed by atoms with Gasteiger partial charge in [0.15, 0.2) is 11.6 Å². The summed E-state index contributed by atoms with van der Waals surface area (Å²) in [7, 11) is 3.22. The number of ether oxygens (including phenoxy) is 1. The van der Waals surface area contributed by atoms with Crippen LogP contribution in [0.25, 0.3) is 16.9 Å². The number of hydrogen-bond acceptors (Lipinski definition) is 3. The van der Waals surface area contributed by atoms with Gasteiger partial charge in [0.25, 0.3) is 11.2 Å². The van der Waals surface area contributed by atoms with E-state index in [-0.39, 0.29) is 0 Å². The van der Waals surface area contributed by atoms with Gasteiger partial charge in [0.1, 0.15) is 17.9 Å². The first kappa shape index (κ1) is 16.8. The number of anilines is 1. The number of methoxy groups -OCH3 is 1. The number of aromatic nitrogens is 2. The maximum atomic E-state index is 13.6. The summed E-state index contributed by atoms with van der Waals surface area (Å²) in [4.78, 5) is 6.22. The third-order valence-corrected chi connectivity index (χ3v) is 4.06. The van der Waals surface area contributed by atoms with E-state index in [1.54, 1.807) is 16.2 Å². The minimum atomic E-state index is -0.921. The van der Waals surface area contributed by atoms with Crippen molar-refractivity contribution in [3.63, 3.8) is 0 Å². The standard InChI is InChI=1S/C19H18F2N3O/c1-12-18(24(3)17-8-6-5-7-16(17)22-12)19(25-4)23(2)13-9-10-14(20)15(21)11-13/h5-11H,3H2,1-2,4H3/q+1/b19-18+. The van der Waals surface area contributed by atoms with Crippen LogP contribution < -0.4 is 14.5 Å². The fourth-order valence-corrected chi connectivity index (χ4v) is 2.81. The Balaban J connectivity index is 2.31. The smallest absolute Gasteiger partial charge is 0.292 e. The quantitative estimate of drug-likeness (QED) is 0.686. The lowest BCUT2D eigenvalue weighted by molar-refractivity contribution is -0.486. The Hall–Kier alpha value is -3.02. The Kier molecular flexibility index (Phi) is 4.35. The SMILES string of the molecule is C=[n+]1/c(=C(/OC)N(C)c2ccc(F)c(F)c2)c(C)nc2ccccc21. The minimum Gasteiger partial charge on any atom is -0.477 e. The second-order valence-corrected chi connectivity index (χ2v) is 5.63. The van der Waals surface area contributed by atoms with Crippen LogP contribution in [0.2, 0.25) is 0 Å². The second kappa shape index (κ2) is 6.47. The lowest BCUT2D eigenvalue weighted by atomic mass is 10.2. The van der Waals surface area contributed by atoms with Crippen molar-refractivity contribution in [2.75, 3.05) is 19.1 Å². The van der Waals surface area contributed by atoms with Crippen molar-refractivity contribution in [3.8, 4) is 0 Å². The number of benzene rings is 2. The van der Waals surface area contributed by atoms with Crippen molar-refractivity contribution >= 4 is 22.6 Å². The Morgan fingerprint density at radius 3 is 2.56 bits per heavy atom. The summed E-state index contributed by atoms with van der Waals surface area (Å²) in [5.41, 5.74) is 2.80. The van der Waals surface area contributed by atoms with Crippen molar-refractivity contribution in [3.05, 3.63) is 71.9 Å². The van der Waals surface area contributed by atoms with Crippen LogP contribution in [0.5, 0.6) is 0 Å². The molecule has 0 atom stereocenters. The topological polar surface area (TPSA) is 31.3 Å². The zero-order chi connectivity index (χ0) is 18.1. The molecule has 25 heavy (non-hydrogen) atoms. The highest BCUT2D eigenvalue weighted by Crippen LogP contribution is 2.20. The van der Waals surface area contributed by atoms with Crippen molar-refractivity contribution in [2.45, 2.75) is 6.92 Å². The van der Waals surface area contributed by atoms with Crippen LogP contribution >= 0.6 is 0 Å². The van der Waals surface area contributed by atoms with Crippen LogP contribution in [-0.4, -0.2) is 19.1 Å². The van der Waals surface area contributed by atoms with E-state index in [9.17, 15) is 8.78 Å². The predicted molar refractivity (Wildman–Crippen MR) is 92.2 cm³/mol. The van der Waals surface area contributed by atoms with E-state index in [1.807, 2.05) is 31.2 Å². The molecule has 0 spiro atoms. The number of fused-ring (bicyclic) bond motifs is 1. The molecule has 0 amide bonds. The van der Waals surface area contributed by atoms with E-state index in [0.717, 1.165) is 23.2 Å². The first-order valence-electron chi connectivity index (χ1n) is 7.66. The first-order valence-corrected chi connectivity index (χ1v) is 7.66. The molecule has 0 aliphatic rings. The molecule has 0 radical (unpaired) electrons. The predicted octanol–water partition coefficient (Wildman–Crippen LogP) is 2.60. The highest BCUT2D eigenvalue weighted by Gasteiger charge is 2.19. The molecule has 1 aromatic heterocycles. The van der Waals surface area contributed by atoms with Gasteiger partial charge in [-0.05, 0) is 25.1 Å². The molecule has 0 aliphatic carbocycles. The number of para-hydroxylation sites is 2. The molecule has 128 valence electrons. The summed E-state index contributed by atoms with van der Waals surface area (Å²) in [6.07, 6.45) is 0. The van der Waals surface area contributed by atoms with Crippen LogP contribution in [-0.2, 0) is 4.74 Å². The van der Waals surface area contributed by atoms with Gasteiger partial charge in [-0.3, -0.25) is 0 Å². The van der Waals surface area contributed by atoms with Gasteiger partial charge in [-0.1, -0.05) is 12.1 Å². The summed E-state index contributed by atoms with van der Waals surface area (Å²) in [6, 6.07) is 11.3. The molecule has 0 bridgehead atoms. The monoisotopic (exact) mass is 342 g/mol. The van der Waals surface area contributed by atoms with Crippen molar-refractivity contribution in [2.24, 2.45) is 0 Å². The van der Waals surface area contributed by atoms with Gasteiger partial charge in [-0.2, -0.15) is 4.24 Å². The van der Waals surface area contributed by atoms with Gasteiger partial charge in [0, 0.05) is 24.9 Å². The Morgan fingerprint density at radius 2 is 1.88 bits per heavy atom. The molecule has 0 saturated heterocycles. The summed E-state index contributed by atoms with van der Waals surface area (Å²) in [5.74, 6) is -1.39. The van der Waals surface area contributed by atoms with Gasteiger partial charge in [-0.15, -0.1) is 0 Å². The van der Waals surface area contributed by atoms with Crippen LogP contribution in [0.3, 0.4) is 0 Å². The van der Waals surface area contributed by atoms with Gasteiger partial charge in [0.05, 0.1) is 7.11 Å². The highest BCUT2D eigenvalue weighted by atomic mass is 19.2. The van der Waals surface area contributed by atoms with Gasteiger partial charge < -0.3 is 9.64 Å². The van der Waals surface area contributed by atoms with Crippen LogP contribution in [0, 0.1) is 25.3 Å². The van der Waals surface area contributed by atoms with Crippen LogP contribution in [0.15, 0.2) is 42.5 Å². The van der Waals surface area contributed by atoms with Gasteiger partial charge in [0.2, 0.25) is 5.52 Å². The molecule has 0 fully saturated rings. The summed E-state index contributed by atoms with van der Waals surface area (Å²) >= 11 is 0.